The average molecular weight is 639 g/mol. The van der Waals surface area contributed by atoms with E-state index in [0.717, 1.165) is 15.4 Å². The van der Waals surface area contributed by atoms with Gasteiger partial charge in [0.25, 0.3) is 10.0 Å². The normalized spacial score (nSPS) is 12.2. The first-order valence-corrected chi connectivity index (χ1v) is 15.8. The number of sulfonamides is 1. The molecule has 0 bridgehead atoms. The Bertz CT molecular complexity index is 1460. The Balaban J connectivity index is 2.08. The Morgan fingerprint density at radius 2 is 1.51 bits per heavy atom. The molecule has 0 aliphatic rings. The Labute approximate surface area is 257 Å². The number of aryl methyl sites for hydroxylation is 1. The third-order valence-corrected chi connectivity index (χ3v) is 8.98. The van der Waals surface area contributed by atoms with Crippen LogP contribution in [0.3, 0.4) is 0 Å². The van der Waals surface area contributed by atoms with E-state index < -0.39 is 28.5 Å². The fraction of sp³-hybridized carbons (Fsp3) is 0.333. The summed E-state index contributed by atoms with van der Waals surface area (Å²) in [5.74, 6) is -0.701. The van der Waals surface area contributed by atoms with E-state index >= 15 is 0 Å². The number of rotatable bonds is 12. The summed E-state index contributed by atoms with van der Waals surface area (Å²) < 4.78 is 28.9. The van der Waals surface area contributed by atoms with Gasteiger partial charge in [-0.3, -0.25) is 13.9 Å². The van der Waals surface area contributed by atoms with Crippen molar-refractivity contribution in [2.75, 3.05) is 17.4 Å². The number of hydrogen-bond acceptors (Lipinski definition) is 4. The molecule has 220 valence electrons. The molecule has 11 heteroatoms. The molecule has 3 aromatic rings. The second-order valence-corrected chi connectivity index (χ2v) is 13.3. The quantitative estimate of drug-likeness (QED) is 0.238. The van der Waals surface area contributed by atoms with Crippen LogP contribution < -0.4 is 9.62 Å². The largest absolute Gasteiger partial charge is 0.354 e. The van der Waals surface area contributed by atoms with E-state index in [1.54, 1.807) is 43.3 Å². The molecule has 0 saturated carbocycles. The highest BCUT2D eigenvalue weighted by atomic mass is 35.5. The smallest absolute Gasteiger partial charge is 0.264 e. The summed E-state index contributed by atoms with van der Waals surface area (Å²) in [4.78, 5) is 28.8. The fourth-order valence-corrected chi connectivity index (χ4v) is 6.14. The van der Waals surface area contributed by atoms with Gasteiger partial charge in [-0.2, -0.15) is 0 Å². The molecule has 0 heterocycles. The minimum Gasteiger partial charge on any atom is -0.354 e. The van der Waals surface area contributed by atoms with E-state index in [2.05, 4.69) is 5.32 Å². The van der Waals surface area contributed by atoms with Crippen LogP contribution in [0, 0.1) is 12.8 Å². The molecule has 0 spiro atoms. The van der Waals surface area contributed by atoms with Crippen LogP contribution in [0.5, 0.6) is 0 Å². The average Bonchev–Trinajstić information content (AvgIpc) is 2.93. The van der Waals surface area contributed by atoms with Crippen molar-refractivity contribution >= 4 is 62.3 Å². The molecule has 0 saturated heterocycles. The van der Waals surface area contributed by atoms with Gasteiger partial charge >= 0.3 is 0 Å². The molecule has 3 aromatic carbocycles. The third-order valence-electron chi connectivity index (χ3n) is 6.40. The van der Waals surface area contributed by atoms with Crippen LogP contribution in [0.4, 0.5) is 5.69 Å². The van der Waals surface area contributed by atoms with Crippen LogP contribution >= 0.6 is 34.8 Å². The Hall–Kier alpha value is -2.78. The van der Waals surface area contributed by atoms with E-state index in [1.807, 2.05) is 20.8 Å². The lowest BCUT2D eigenvalue weighted by molar-refractivity contribution is -0.140. The predicted molar refractivity (Wildman–Crippen MR) is 166 cm³/mol. The second kappa shape index (κ2) is 14.4. The van der Waals surface area contributed by atoms with Crippen LogP contribution in [-0.4, -0.2) is 44.3 Å². The summed E-state index contributed by atoms with van der Waals surface area (Å²) in [6.45, 7) is 7.47. The maximum absolute atomic E-state index is 14.1. The summed E-state index contributed by atoms with van der Waals surface area (Å²) >= 11 is 18.8. The van der Waals surface area contributed by atoms with E-state index in [9.17, 15) is 18.0 Å². The molecule has 1 unspecified atom stereocenters. The van der Waals surface area contributed by atoms with Gasteiger partial charge in [-0.25, -0.2) is 8.42 Å². The molecule has 41 heavy (non-hydrogen) atoms. The monoisotopic (exact) mass is 637 g/mol. The Morgan fingerprint density at radius 1 is 0.902 bits per heavy atom. The van der Waals surface area contributed by atoms with Gasteiger partial charge in [0.1, 0.15) is 12.6 Å². The van der Waals surface area contributed by atoms with Gasteiger partial charge in [-0.1, -0.05) is 85.4 Å². The van der Waals surface area contributed by atoms with Crippen molar-refractivity contribution in [2.45, 2.75) is 51.6 Å². The lowest BCUT2D eigenvalue weighted by atomic mass is 10.1. The lowest BCUT2D eigenvalue weighted by Gasteiger charge is -2.33. The van der Waals surface area contributed by atoms with Crippen LogP contribution in [0.25, 0.3) is 0 Å². The zero-order chi connectivity index (χ0) is 30.3. The first kappa shape index (κ1) is 32.7. The number of carbonyl (C=O) groups is 2. The van der Waals surface area contributed by atoms with Crippen molar-refractivity contribution < 1.29 is 18.0 Å². The van der Waals surface area contributed by atoms with Crippen molar-refractivity contribution in [3.05, 3.63) is 92.9 Å². The maximum Gasteiger partial charge on any atom is 0.264 e. The van der Waals surface area contributed by atoms with E-state index in [0.29, 0.717) is 18.0 Å². The van der Waals surface area contributed by atoms with Gasteiger partial charge in [0.05, 0.1) is 15.6 Å². The van der Waals surface area contributed by atoms with E-state index in [4.69, 9.17) is 34.8 Å². The number of nitrogens with zero attached hydrogens (tertiary/aromatic N) is 2. The number of hydrogen-bond donors (Lipinski definition) is 1. The van der Waals surface area contributed by atoms with Gasteiger partial charge in [0, 0.05) is 23.1 Å². The molecule has 1 N–H and O–H groups in total. The highest BCUT2D eigenvalue weighted by molar-refractivity contribution is 7.92. The first-order chi connectivity index (χ1) is 19.3. The van der Waals surface area contributed by atoms with Crippen molar-refractivity contribution in [3.8, 4) is 0 Å². The maximum atomic E-state index is 14.1. The highest BCUT2D eigenvalue weighted by Crippen LogP contribution is 2.33. The van der Waals surface area contributed by atoms with Gasteiger partial charge in [0.15, 0.2) is 0 Å². The number of nitrogens with one attached hydrogen (secondary N) is 1. The molecule has 0 aliphatic carbocycles. The van der Waals surface area contributed by atoms with Gasteiger partial charge in [-0.05, 0) is 67.3 Å². The number of carbonyl (C=O) groups excluding carboxylic acids is 2. The van der Waals surface area contributed by atoms with Gasteiger partial charge < -0.3 is 10.2 Å². The minimum absolute atomic E-state index is 0.0158. The molecule has 7 nitrogen and oxygen atoms in total. The molecule has 0 aliphatic heterocycles. The number of halogens is 3. The molecule has 0 aromatic heterocycles. The van der Waals surface area contributed by atoms with E-state index in [-0.39, 0.29) is 39.0 Å². The van der Waals surface area contributed by atoms with Gasteiger partial charge in [0.2, 0.25) is 11.8 Å². The molecular formula is C30H34Cl3N3O4S. The van der Waals surface area contributed by atoms with E-state index in [1.165, 1.54) is 35.2 Å². The Kier molecular flexibility index (Phi) is 11.5. The van der Waals surface area contributed by atoms with Crippen molar-refractivity contribution in [1.29, 1.82) is 0 Å². The first-order valence-electron chi connectivity index (χ1n) is 13.2. The van der Waals surface area contributed by atoms with Crippen molar-refractivity contribution in [2.24, 2.45) is 5.92 Å². The van der Waals surface area contributed by atoms with Crippen LogP contribution in [0.1, 0.15) is 38.3 Å². The summed E-state index contributed by atoms with van der Waals surface area (Å²) in [6.07, 6.45) is 0.311. The molecule has 0 radical (unpaired) electrons. The summed E-state index contributed by atoms with van der Waals surface area (Å²) in [7, 11) is -4.27. The highest BCUT2D eigenvalue weighted by Gasteiger charge is 2.34. The zero-order valence-electron chi connectivity index (χ0n) is 23.4. The topological polar surface area (TPSA) is 86.8 Å². The minimum atomic E-state index is -4.27. The molecule has 3 rings (SSSR count). The zero-order valence-corrected chi connectivity index (χ0v) is 26.5. The lowest BCUT2D eigenvalue weighted by Crippen LogP contribution is -2.52. The summed E-state index contributed by atoms with van der Waals surface area (Å²) in [5.41, 5.74) is 1.66. The molecule has 1 atom stereocenters. The summed E-state index contributed by atoms with van der Waals surface area (Å²) in [5, 5.41) is 3.78. The molecular weight excluding hydrogens is 605 g/mol. The van der Waals surface area contributed by atoms with Crippen LogP contribution in [0.2, 0.25) is 15.1 Å². The van der Waals surface area contributed by atoms with Crippen molar-refractivity contribution in [1.82, 2.24) is 10.2 Å². The number of amides is 2. The van der Waals surface area contributed by atoms with Crippen molar-refractivity contribution in [3.63, 3.8) is 0 Å². The second-order valence-electron chi connectivity index (χ2n) is 10.1. The van der Waals surface area contributed by atoms with Crippen LogP contribution in [-0.2, 0) is 26.2 Å². The number of benzene rings is 3. The Morgan fingerprint density at radius 3 is 2.10 bits per heavy atom. The summed E-state index contributed by atoms with van der Waals surface area (Å²) in [6, 6.07) is 16.8. The van der Waals surface area contributed by atoms with Crippen LogP contribution in [0.15, 0.2) is 71.6 Å². The number of anilines is 1. The standard InChI is InChI=1S/C30H34Cl3N3O4S/c1-5-27(30(38)34-17-20(2)3)35(18-22-8-10-23(31)11-9-22)29(37)19-36(28-16-24(32)12-15-26(28)33)41(39,40)25-13-6-21(4)7-14-25/h6-16,20,27H,5,17-19H2,1-4H3,(H,34,38). The third kappa shape index (κ3) is 8.61. The SMILES string of the molecule is CCC(C(=O)NCC(C)C)N(Cc1ccc(Cl)cc1)C(=O)CN(c1cc(Cl)ccc1Cl)S(=O)(=O)c1ccc(C)cc1. The molecule has 2 amide bonds. The fourth-order valence-electron chi connectivity index (χ4n) is 4.16. The van der Waals surface area contributed by atoms with Gasteiger partial charge in [-0.15, -0.1) is 0 Å². The molecule has 0 fully saturated rings. The predicted octanol–water partition coefficient (Wildman–Crippen LogP) is 6.73.